The molecule has 270 valence electrons. The van der Waals surface area contributed by atoms with Crippen LogP contribution in [-0.4, -0.2) is 101 Å². The summed E-state index contributed by atoms with van der Waals surface area (Å²) in [5.74, 6) is -3.28. The molecule has 14 heteroatoms. The van der Waals surface area contributed by atoms with E-state index in [9.17, 15) is 14.4 Å². The highest BCUT2D eigenvalue weighted by atomic mass is 19.1. The first-order valence-electron chi connectivity index (χ1n) is 17.5. The number of nitrogens with two attached hydrogens (primary N) is 1. The smallest absolute Gasteiger partial charge is 0.410 e. The summed E-state index contributed by atoms with van der Waals surface area (Å²) in [6, 6.07) is 6.59. The lowest BCUT2D eigenvalue weighted by Crippen LogP contribution is -2.61. The fourth-order valence-electron chi connectivity index (χ4n) is 7.62. The molecule has 2 aliphatic heterocycles. The van der Waals surface area contributed by atoms with E-state index in [2.05, 4.69) is 22.6 Å². The molecule has 2 fully saturated rings. The minimum Gasteiger partial charge on any atom is -0.455 e. The van der Waals surface area contributed by atoms with Crippen molar-refractivity contribution in [2.45, 2.75) is 122 Å². The highest BCUT2D eigenvalue weighted by Crippen LogP contribution is 2.41. The topological polar surface area (TPSA) is 151 Å². The van der Waals surface area contributed by atoms with Gasteiger partial charge in [-0.05, 0) is 83.8 Å². The molecule has 12 nitrogen and oxygen atoms in total. The van der Waals surface area contributed by atoms with E-state index in [0.717, 1.165) is 18.2 Å². The lowest BCUT2D eigenvalue weighted by molar-refractivity contribution is -0.179. The molecule has 0 bridgehead atoms. The molecule has 2 saturated heterocycles. The Morgan fingerprint density at radius 2 is 1.84 bits per heavy atom. The highest BCUT2D eigenvalue weighted by Gasteiger charge is 2.59. The number of Topliss-reactive ketones (excluding diaryl/α,β-unsaturated/α-hetero) is 1. The number of amides is 1. The number of aromatic nitrogens is 3. The molecule has 3 N–H and O–H groups in total. The predicted octanol–water partition coefficient (Wildman–Crippen LogP) is 3.99. The average molecular weight is 685 g/mol. The zero-order valence-electron chi connectivity index (χ0n) is 30.5. The maximum absolute atomic E-state index is 16.2. The molecule has 2 aromatic rings. The molecule has 1 amide bonds. The molecule has 0 radical (unpaired) electrons. The second kappa shape index (κ2) is 15.2. The monoisotopic (exact) mass is 684 g/mol. The van der Waals surface area contributed by atoms with Crippen LogP contribution in [0, 0.1) is 11.8 Å². The van der Waals surface area contributed by atoms with Crippen molar-refractivity contribution in [1.29, 1.82) is 0 Å². The number of benzene rings is 1. The van der Waals surface area contributed by atoms with Crippen molar-refractivity contribution in [1.82, 2.24) is 25.2 Å². The number of nitrogen functional groups attached to an aromatic ring is 1. The van der Waals surface area contributed by atoms with Crippen molar-refractivity contribution in [3.63, 3.8) is 0 Å². The Morgan fingerprint density at radius 1 is 1.14 bits per heavy atom. The van der Waals surface area contributed by atoms with Gasteiger partial charge in [-0.3, -0.25) is 14.4 Å². The number of rotatable bonds is 8. The van der Waals surface area contributed by atoms with Gasteiger partial charge in [-0.1, -0.05) is 38.1 Å². The summed E-state index contributed by atoms with van der Waals surface area (Å²) in [5, 5.41) is 12.1. The van der Waals surface area contributed by atoms with Crippen LogP contribution in [0.25, 0.3) is 11.3 Å². The second-order valence-corrected chi connectivity index (χ2v) is 14.7. The number of aryl methyl sites for hydroxylation is 1. The van der Waals surface area contributed by atoms with Crippen LogP contribution in [-0.2, 0) is 30.3 Å². The predicted molar refractivity (Wildman–Crippen MR) is 187 cm³/mol. The maximum atomic E-state index is 16.2. The molecule has 0 saturated carbocycles. The van der Waals surface area contributed by atoms with Gasteiger partial charge in [0.25, 0.3) is 5.67 Å². The second-order valence-electron chi connectivity index (χ2n) is 14.7. The van der Waals surface area contributed by atoms with Crippen LogP contribution in [0.5, 0.6) is 0 Å². The Bertz CT molecular complexity index is 1490. The number of alkyl halides is 1. The van der Waals surface area contributed by atoms with E-state index >= 15 is 4.39 Å². The van der Waals surface area contributed by atoms with Gasteiger partial charge < -0.3 is 25.3 Å². The van der Waals surface area contributed by atoms with E-state index in [0.29, 0.717) is 44.6 Å². The van der Waals surface area contributed by atoms with E-state index in [-0.39, 0.29) is 18.4 Å². The van der Waals surface area contributed by atoms with Crippen LogP contribution in [0.3, 0.4) is 0 Å². The van der Waals surface area contributed by atoms with E-state index in [1.54, 1.807) is 37.5 Å². The Hall–Kier alpha value is -3.52. The van der Waals surface area contributed by atoms with Gasteiger partial charge in [0.1, 0.15) is 19.6 Å². The van der Waals surface area contributed by atoms with E-state index in [4.69, 9.17) is 19.9 Å². The fraction of sp³-hybridized carbons (Fsp3) is 0.686. The molecule has 49 heavy (non-hydrogen) atoms. The van der Waals surface area contributed by atoms with Gasteiger partial charge in [-0.25, -0.2) is 14.0 Å². The number of anilines is 1. The van der Waals surface area contributed by atoms with E-state index < -0.39 is 58.6 Å². The van der Waals surface area contributed by atoms with Crippen LogP contribution < -0.4 is 11.1 Å². The number of ketones is 1. The summed E-state index contributed by atoms with van der Waals surface area (Å²) in [5.41, 5.74) is 3.17. The van der Waals surface area contributed by atoms with Crippen molar-refractivity contribution in [3.8, 4) is 11.3 Å². The van der Waals surface area contributed by atoms with Gasteiger partial charge in [-0.15, -0.1) is 5.10 Å². The number of nitrogens with one attached hydrogen (secondary N) is 1. The van der Waals surface area contributed by atoms with Gasteiger partial charge in [0.2, 0.25) is 0 Å². The normalized spacial score (nSPS) is 34.9. The van der Waals surface area contributed by atoms with Crippen LogP contribution in [0.2, 0.25) is 5.82 Å². The Balaban J connectivity index is 1.57. The molecular formula is C35H54BFN6O6. The Kier molecular flexibility index (Phi) is 11.8. The molecule has 0 aliphatic carbocycles. The van der Waals surface area contributed by atoms with Crippen molar-refractivity contribution >= 4 is 31.4 Å². The van der Waals surface area contributed by atoms with Gasteiger partial charge in [0, 0.05) is 43.4 Å². The van der Waals surface area contributed by atoms with Gasteiger partial charge in [0.05, 0.1) is 17.8 Å². The number of carbonyl (C=O) groups excluding carboxylic acids is 3. The zero-order chi connectivity index (χ0) is 36.3. The maximum Gasteiger partial charge on any atom is 0.410 e. The van der Waals surface area contributed by atoms with Crippen LogP contribution >= 0.6 is 0 Å². The first kappa shape index (κ1) is 38.3. The summed E-state index contributed by atoms with van der Waals surface area (Å²) >= 11 is 0. The molecule has 0 spiro atoms. The summed E-state index contributed by atoms with van der Waals surface area (Å²) in [4.78, 5) is 42.3. The van der Waals surface area contributed by atoms with Crippen LogP contribution in [0.4, 0.5) is 14.9 Å². The quantitative estimate of drug-likeness (QED) is 0.137. The molecule has 1 aromatic carbocycles. The third-order valence-corrected chi connectivity index (χ3v) is 10.9. The van der Waals surface area contributed by atoms with E-state index in [1.807, 2.05) is 52.2 Å². The number of carbonyl (C=O) groups is 3. The molecule has 1 aromatic heterocycles. The third-order valence-electron chi connectivity index (χ3n) is 10.9. The number of nitrogens with zero attached hydrogens (tertiary/aromatic N) is 4. The SMILES string of the molecule is B[C@@H]1[C@@H](C)C(=O)[C@](C)(F)C(=O)O[C@H](CC)[C@@]2(C)OC(=O)N(CCCCn3cc(-c4cccc(N)c4)nn3)[C@@H]2[C@@H](C)NC[C@H](C)C[C@@]1(C)OC. The highest BCUT2D eigenvalue weighted by molar-refractivity contribution is 6.17. The van der Waals surface area contributed by atoms with Gasteiger partial charge in [-0.2, -0.15) is 0 Å². The van der Waals surface area contributed by atoms with Crippen molar-refractivity contribution < 1.29 is 33.0 Å². The number of halogens is 1. The van der Waals surface area contributed by atoms with Crippen LogP contribution in [0.1, 0.15) is 74.1 Å². The van der Waals surface area contributed by atoms with Crippen LogP contribution in [0.15, 0.2) is 30.5 Å². The lowest BCUT2D eigenvalue weighted by atomic mass is 9.62. The largest absolute Gasteiger partial charge is 0.455 e. The molecular weight excluding hydrogens is 630 g/mol. The number of esters is 1. The van der Waals surface area contributed by atoms with Crippen molar-refractivity contribution in [2.75, 3.05) is 25.9 Å². The summed E-state index contributed by atoms with van der Waals surface area (Å²) < 4.78 is 35.8. The van der Waals surface area contributed by atoms with Gasteiger partial charge >= 0.3 is 12.1 Å². The molecule has 2 aliphatic rings. The first-order chi connectivity index (χ1) is 23.0. The fourth-order valence-corrected chi connectivity index (χ4v) is 7.62. The Labute approximate surface area is 290 Å². The molecule has 0 unspecified atom stereocenters. The number of ether oxygens (including phenoxy) is 3. The summed E-state index contributed by atoms with van der Waals surface area (Å²) in [7, 11) is 3.44. The molecule has 4 rings (SSSR count). The zero-order valence-corrected chi connectivity index (χ0v) is 30.5. The average Bonchev–Trinajstić information content (AvgIpc) is 3.64. The number of fused-ring (bicyclic) bond motifs is 1. The minimum atomic E-state index is -2.91. The van der Waals surface area contributed by atoms with Gasteiger partial charge in [0.15, 0.2) is 11.4 Å². The van der Waals surface area contributed by atoms with E-state index in [1.165, 1.54) is 0 Å². The lowest BCUT2D eigenvalue weighted by Gasteiger charge is -2.41. The number of cyclic esters (lactones) is 1. The number of unbranched alkanes of at least 4 members (excludes halogenated alkanes) is 1. The third kappa shape index (κ3) is 7.95. The summed E-state index contributed by atoms with van der Waals surface area (Å²) in [6.07, 6.45) is 2.47. The molecule has 3 heterocycles. The number of hydrogen-bond acceptors (Lipinski definition) is 10. The minimum absolute atomic E-state index is 0.0940. The standard InChI is InChI=1S/C35H54BFN6O6/c1-9-27-35(7)29(43(32(46)49-35)16-11-10-15-42-20-26(40-41-42)24-13-12-14-25(38)17-24)23(4)39-19-21(2)18-33(5,47-8)28(36)22(3)30(44)34(6,37)31(45)48-27/h12-14,17,20-23,27-29,39H,9-11,15-16,18-19,36,38H2,1-8H3/t21-,22-,23-,27-,28-,29-,33-,34+,35-/m1/s1. The first-order valence-corrected chi connectivity index (χ1v) is 17.5. The number of methoxy groups -OCH3 is 1. The number of hydrogen-bond donors (Lipinski definition) is 2. The Morgan fingerprint density at radius 3 is 2.49 bits per heavy atom. The van der Waals surface area contributed by atoms with Crippen molar-refractivity contribution in [2.24, 2.45) is 11.8 Å². The molecule has 9 atom stereocenters. The van der Waals surface area contributed by atoms with Crippen molar-refractivity contribution in [3.05, 3.63) is 30.5 Å². The summed E-state index contributed by atoms with van der Waals surface area (Å²) in [6.45, 7) is 13.6.